The minimum atomic E-state index is -0.420. The fourth-order valence-electron chi connectivity index (χ4n) is 2.16. The van der Waals surface area contributed by atoms with E-state index < -0.39 is 5.60 Å². The quantitative estimate of drug-likeness (QED) is 0.651. The van der Waals surface area contributed by atoms with Gasteiger partial charge in [-0.05, 0) is 27.2 Å². The van der Waals surface area contributed by atoms with Gasteiger partial charge in [-0.25, -0.2) is 4.79 Å². The van der Waals surface area contributed by atoms with Crippen molar-refractivity contribution in [1.29, 1.82) is 0 Å². The van der Waals surface area contributed by atoms with Crippen molar-refractivity contribution < 1.29 is 14.3 Å². The van der Waals surface area contributed by atoms with Crippen molar-refractivity contribution in [2.24, 2.45) is 5.92 Å². The van der Waals surface area contributed by atoms with Gasteiger partial charge in [-0.1, -0.05) is 0 Å². The number of ether oxygens (including phenoxy) is 2. The van der Waals surface area contributed by atoms with Gasteiger partial charge < -0.3 is 14.8 Å². The Bertz CT molecular complexity index is 247. The third-order valence-electron chi connectivity index (χ3n) is 2.80. The van der Waals surface area contributed by atoms with Gasteiger partial charge in [0.1, 0.15) is 5.60 Å². The van der Waals surface area contributed by atoms with Gasteiger partial charge in [0, 0.05) is 19.0 Å². The van der Waals surface area contributed by atoms with E-state index in [2.05, 4.69) is 5.32 Å². The Morgan fingerprint density at radius 1 is 1.40 bits per heavy atom. The van der Waals surface area contributed by atoms with Crippen molar-refractivity contribution in [2.45, 2.75) is 45.0 Å². The highest BCUT2D eigenvalue weighted by Crippen LogP contribution is 2.30. The van der Waals surface area contributed by atoms with Crippen LogP contribution in [0.2, 0.25) is 0 Å². The fraction of sp³-hybridized carbons (Fsp3) is 0.909. The number of nitrogens with one attached hydrogen (secondary N) is 1. The molecule has 4 heteroatoms. The van der Waals surface area contributed by atoms with Crippen molar-refractivity contribution in [3.63, 3.8) is 0 Å². The zero-order chi connectivity index (χ0) is 11.1. The SMILES string of the molecule is CC(C)(C)OC(=O)[C@@H]1C[C@H]2CNC[C@H]2O1. The first kappa shape index (κ1) is 10.9. The number of fused-ring (bicyclic) bond motifs is 1. The first-order valence-corrected chi connectivity index (χ1v) is 5.55. The molecule has 0 aliphatic carbocycles. The van der Waals surface area contributed by atoms with Crippen molar-refractivity contribution in [3.05, 3.63) is 0 Å². The number of carbonyl (C=O) groups excluding carboxylic acids is 1. The summed E-state index contributed by atoms with van der Waals surface area (Å²) in [5, 5.41) is 3.25. The zero-order valence-corrected chi connectivity index (χ0v) is 9.58. The number of hydrogen-bond donors (Lipinski definition) is 1. The average molecular weight is 213 g/mol. The molecule has 0 radical (unpaired) electrons. The summed E-state index contributed by atoms with van der Waals surface area (Å²) in [6.07, 6.45) is 0.663. The largest absolute Gasteiger partial charge is 0.458 e. The lowest BCUT2D eigenvalue weighted by molar-refractivity contribution is -0.167. The highest BCUT2D eigenvalue weighted by atomic mass is 16.6. The first-order chi connectivity index (χ1) is 6.96. The molecule has 0 spiro atoms. The molecule has 1 N–H and O–H groups in total. The molecule has 0 saturated carbocycles. The fourth-order valence-corrected chi connectivity index (χ4v) is 2.16. The van der Waals surface area contributed by atoms with Gasteiger partial charge in [-0.2, -0.15) is 0 Å². The van der Waals surface area contributed by atoms with Crippen LogP contribution in [-0.4, -0.2) is 36.9 Å². The van der Waals surface area contributed by atoms with Crippen LogP contribution in [0.25, 0.3) is 0 Å². The summed E-state index contributed by atoms with van der Waals surface area (Å²) < 4.78 is 11.0. The Hall–Kier alpha value is -0.610. The Labute approximate surface area is 90.3 Å². The molecule has 0 unspecified atom stereocenters. The molecule has 0 aromatic rings. The van der Waals surface area contributed by atoms with Crippen molar-refractivity contribution in [2.75, 3.05) is 13.1 Å². The third kappa shape index (κ3) is 2.49. The zero-order valence-electron chi connectivity index (χ0n) is 9.58. The molecule has 15 heavy (non-hydrogen) atoms. The van der Waals surface area contributed by atoms with Crippen LogP contribution >= 0.6 is 0 Å². The molecular weight excluding hydrogens is 194 g/mol. The Balaban J connectivity index is 1.88. The minimum Gasteiger partial charge on any atom is -0.458 e. The van der Waals surface area contributed by atoms with Crippen LogP contribution in [-0.2, 0) is 14.3 Å². The molecule has 2 aliphatic heterocycles. The molecule has 2 fully saturated rings. The summed E-state index contributed by atoms with van der Waals surface area (Å²) in [6.45, 7) is 7.46. The van der Waals surface area contributed by atoms with Crippen molar-refractivity contribution >= 4 is 5.97 Å². The first-order valence-electron chi connectivity index (χ1n) is 5.55. The van der Waals surface area contributed by atoms with E-state index in [0.29, 0.717) is 5.92 Å². The standard InChI is InChI=1S/C11H19NO3/c1-11(2,3)15-10(13)8-4-7-5-12-6-9(7)14-8/h7-9,12H,4-6H2,1-3H3/t7-,8-,9+/m0/s1. The number of esters is 1. The van der Waals surface area contributed by atoms with E-state index in [1.54, 1.807) is 0 Å². The number of rotatable bonds is 1. The molecule has 0 aromatic heterocycles. The van der Waals surface area contributed by atoms with Gasteiger partial charge in [0.15, 0.2) is 6.10 Å². The minimum absolute atomic E-state index is 0.211. The highest BCUT2D eigenvalue weighted by Gasteiger charge is 2.42. The lowest BCUT2D eigenvalue weighted by Gasteiger charge is -2.22. The van der Waals surface area contributed by atoms with Crippen LogP contribution in [0.3, 0.4) is 0 Å². The Morgan fingerprint density at radius 2 is 2.13 bits per heavy atom. The van der Waals surface area contributed by atoms with Crippen LogP contribution in [0.1, 0.15) is 27.2 Å². The molecule has 4 nitrogen and oxygen atoms in total. The normalized spacial score (nSPS) is 35.3. The lowest BCUT2D eigenvalue weighted by atomic mass is 10.0. The topological polar surface area (TPSA) is 47.6 Å². The number of hydrogen-bond acceptors (Lipinski definition) is 4. The molecule has 0 aromatic carbocycles. The maximum atomic E-state index is 11.7. The van der Waals surface area contributed by atoms with Crippen LogP contribution < -0.4 is 5.32 Å². The van der Waals surface area contributed by atoms with E-state index >= 15 is 0 Å². The van der Waals surface area contributed by atoms with Crippen LogP contribution in [0, 0.1) is 5.92 Å². The lowest BCUT2D eigenvalue weighted by Crippen LogP contribution is -2.33. The van der Waals surface area contributed by atoms with Gasteiger partial charge in [-0.15, -0.1) is 0 Å². The van der Waals surface area contributed by atoms with E-state index in [4.69, 9.17) is 9.47 Å². The molecule has 2 aliphatic rings. The average Bonchev–Trinajstić information content (AvgIpc) is 2.56. The molecule has 2 heterocycles. The maximum Gasteiger partial charge on any atom is 0.335 e. The second-order valence-corrected chi connectivity index (χ2v) is 5.35. The second kappa shape index (κ2) is 3.76. The molecule has 0 bridgehead atoms. The molecule has 86 valence electrons. The summed E-state index contributed by atoms with van der Waals surface area (Å²) in [5.74, 6) is 0.277. The van der Waals surface area contributed by atoms with Gasteiger partial charge in [0.05, 0.1) is 6.10 Å². The van der Waals surface area contributed by atoms with Gasteiger partial charge in [0.2, 0.25) is 0 Å². The van der Waals surface area contributed by atoms with Gasteiger partial charge >= 0.3 is 5.97 Å². The maximum absolute atomic E-state index is 11.7. The summed E-state index contributed by atoms with van der Waals surface area (Å²) in [7, 11) is 0. The molecule has 0 amide bonds. The molecule has 3 atom stereocenters. The van der Waals surface area contributed by atoms with Gasteiger partial charge in [-0.3, -0.25) is 0 Å². The Kier molecular flexibility index (Phi) is 2.73. The van der Waals surface area contributed by atoms with Crippen LogP contribution in [0.15, 0.2) is 0 Å². The van der Waals surface area contributed by atoms with Gasteiger partial charge in [0.25, 0.3) is 0 Å². The summed E-state index contributed by atoms with van der Waals surface area (Å²) >= 11 is 0. The monoisotopic (exact) mass is 213 g/mol. The smallest absolute Gasteiger partial charge is 0.335 e. The molecule has 2 rings (SSSR count). The molecule has 2 saturated heterocycles. The third-order valence-corrected chi connectivity index (χ3v) is 2.80. The predicted molar refractivity (Wildman–Crippen MR) is 55.5 cm³/mol. The Morgan fingerprint density at radius 3 is 2.73 bits per heavy atom. The summed E-state index contributed by atoms with van der Waals surface area (Å²) in [6, 6.07) is 0. The van der Waals surface area contributed by atoms with E-state index in [1.165, 1.54) is 0 Å². The van der Waals surface area contributed by atoms with Crippen molar-refractivity contribution in [3.8, 4) is 0 Å². The second-order valence-electron chi connectivity index (χ2n) is 5.35. The number of carbonyl (C=O) groups is 1. The van der Waals surface area contributed by atoms with Crippen LogP contribution in [0.5, 0.6) is 0 Å². The summed E-state index contributed by atoms with van der Waals surface area (Å²) in [5.41, 5.74) is -0.420. The van der Waals surface area contributed by atoms with Crippen molar-refractivity contribution in [1.82, 2.24) is 5.32 Å². The molecular formula is C11H19NO3. The van der Waals surface area contributed by atoms with Crippen LogP contribution in [0.4, 0.5) is 0 Å². The highest BCUT2D eigenvalue weighted by molar-refractivity contribution is 5.75. The summed E-state index contributed by atoms with van der Waals surface area (Å²) in [4.78, 5) is 11.7. The van der Waals surface area contributed by atoms with E-state index in [-0.39, 0.29) is 18.2 Å². The van der Waals surface area contributed by atoms with E-state index in [1.807, 2.05) is 20.8 Å². The van der Waals surface area contributed by atoms with E-state index in [9.17, 15) is 4.79 Å². The predicted octanol–water partition coefficient (Wildman–Crippen LogP) is 0.705. The van der Waals surface area contributed by atoms with E-state index in [0.717, 1.165) is 19.5 Å².